The third-order valence-electron chi connectivity index (χ3n) is 4.02. The van der Waals surface area contributed by atoms with Crippen LogP contribution >= 0.6 is 0 Å². The number of nitro groups is 1. The van der Waals surface area contributed by atoms with E-state index in [-0.39, 0.29) is 5.69 Å². The van der Waals surface area contributed by atoms with Crippen LogP contribution in [0.15, 0.2) is 59.0 Å². The number of allylic oxidation sites excluding steroid dienone is 1. The lowest BCUT2D eigenvalue weighted by Crippen LogP contribution is -1.92. The molecular weight excluding hydrogens is 358 g/mol. The van der Waals surface area contributed by atoms with Crippen LogP contribution in [0.25, 0.3) is 23.0 Å². The van der Waals surface area contributed by atoms with E-state index in [1.807, 2.05) is 6.07 Å². The van der Waals surface area contributed by atoms with Gasteiger partial charge in [-0.2, -0.15) is 10.5 Å². The molecule has 1 heterocycles. The maximum atomic E-state index is 10.9. The molecule has 7 heteroatoms. The second kappa shape index (κ2) is 7.90. The highest BCUT2D eigenvalue weighted by Gasteiger charge is 2.15. The van der Waals surface area contributed by atoms with Crippen molar-refractivity contribution in [3.8, 4) is 29.2 Å². The SMILES string of the molecule is COc1cc([N+](=O)[O-])ccc1-c1ccc(C=C(C#N)c2ccc(C#N)cc2)o1. The summed E-state index contributed by atoms with van der Waals surface area (Å²) in [5.74, 6) is 1.21. The standard InChI is InChI=1S/C21H13N3O4/c1-27-21-11-17(24(25)26)6-8-19(21)20-9-7-18(28-20)10-16(13-23)15-4-2-14(12-22)3-5-15/h2-11H,1H3. The van der Waals surface area contributed by atoms with Crippen molar-refractivity contribution in [1.29, 1.82) is 10.5 Å². The van der Waals surface area contributed by atoms with Crippen LogP contribution in [0.3, 0.4) is 0 Å². The van der Waals surface area contributed by atoms with Gasteiger partial charge in [0.1, 0.15) is 17.3 Å². The lowest BCUT2D eigenvalue weighted by molar-refractivity contribution is -0.384. The van der Waals surface area contributed by atoms with Gasteiger partial charge in [0.25, 0.3) is 5.69 Å². The normalized spacial score (nSPS) is 10.8. The molecule has 0 saturated carbocycles. The predicted octanol–water partition coefficient (Wildman–Crippen LogP) is 4.80. The summed E-state index contributed by atoms with van der Waals surface area (Å²) in [5, 5.41) is 29.2. The molecule has 0 aliphatic rings. The first-order chi connectivity index (χ1) is 13.5. The maximum Gasteiger partial charge on any atom is 0.273 e. The van der Waals surface area contributed by atoms with Crippen molar-refractivity contribution in [2.75, 3.05) is 7.11 Å². The second-order valence-electron chi connectivity index (χ2n) is 5.70. The summed E-state index contributed by atoms with van der Waals surface area (Å²) >= 11 is 0. The number of nitro benzene ring substituents is 1. The molecule has 0 atom stereocenters. The minimum atomic E-state index is -0.501. The number of hydrogen-bond donors (Lipinski definition) is 0. The van der Waals surface area contributed by atoms with E-state index in [9.17, 15) is 15.4 Å². The van der Waals surface area contributed by atoms with Gasteiger partial charge in [0, 0.05) is 6.07 Å². The molecule has 0 unspecified atom stereocenters. The van der Waals surface area contributed by atoms with E-state index in [1.165, 1.54) is 19.2 Å². The third kappa shape index (κ3) is 3.74. The molecule has 28 heavy (non-hydrogen) atoms. The summed E-state index contributed by atoms with van der Waals surface area (Å²) < 4.78 is 11.0. The summed E-state index contributed by atoms with van der Waals surface area (Å²) in [7, 11) is 1.42. The van der Waals surface area contributed by atoms with E-state index in [0.717, 1.165) is 0 Å². The number of methoxy groups -OCH3 is 1. The highest BCUT2D eigenvalue weighted by Crippen LogP contribution is 2.34. The van der Waals surface area contributed by atoms with Crippen LogP contribution < -0.4 is 4.74 Å². The fourth-order valence-electron chi connectivity index (χ4n) is 2.62. The Morgan fingerprint density at radius 2 is 1.89 bits per heavy atom. The first kappa shape index (κ1) is 18.4. The van der Waals surface area contributed by atoms with Crippen LogP contribution in [-0.2, 0) is 0 Å². The lowest BCUT2D eigenvalue weighted by Gasteiger charge is -2.05. The van der Waals surface area contributed by atoms with Gasteiger partial charge in [-0.05, 0) is 42.0 Å². The number of benzene rings is 2. The summed E-state index contributed by atoms with van der Waals surface area (Å²) in [6, 6.07) is 18.4. The van der Waals surface area contributed by atoms with Gasteiger partial charge in [-0.25, -0.2) is 0 Å². The van der Waals surface area contributed by atoms with Crippen LogP contribution in [0, 0.1) is 32.8 Å². The molecule has 0 fully saturated rings. The highest BCUT2D eigenvalue weighted by molar-refractivity contribution is 5.89. The number of nitriles is 2. The Bertz CT molecular complexity index is 1150. The van der Waals surface area contributed by atoms with E-state index >= 15 is 0 Å². The van der Waals surface area contributed by atoms with Crippen LogP contribution in [0.5, 0.6) is 5.75 Å². The quantitative estimate of drug-likeness (QED) is 0.362. The zero-order chi connectivity index (χ0) is 20.1. The summed E-state index contributed by atoms with van der Waals surface area (Å²) in [6.45, 7) is 0. The zero-order valence-corrected chi connectivity index (χ0v) is 14.7. The lowest BCUT2D eigenvalue weighted by atomic mass is 10.0. The Morgan fingerprint density at radius 1 is 1.14 bits per heavy atom. The molecule has 0 amide bonds. The fraction of sp³-hybridized carbons (Fsp3) is 0.0476. The number of hydrogen-bond acceptors (Lipinski definition) is 6. The van der Waals surface area contributed by atoms with E-state index in [2.05, 4.69) is 6.07 Å². The molecule has 0 radical (unpaired) electrons. The molecule has 0 spiro atoms. The average Bonchev–Trinajstić information content (AvgIpc) is 3.20. The van der Waals surface area contributed by atoms with E-state index in [0.29, 0.717) is 39.5 Å². The van der Waals surface area contributed by atoms with Crippen molar-refractivity contribution in [3.63, 3.8) is 0 Å². The molecule has 1 aromatic heterocycles. The smallest absolute Gasteiger partial charge is 0.273 e. The van der Waals surface area contributed by atoms with E-state index < -0.39 is 4.92 Å². The van der Waals surface area contributed by atoms with Gasteiger partial charge in [-0.15, -0.1) is 0 Å². The van der Waals surface area contributed by atoms with Crippen LogP contribution in [0.4, 0.5) is 5.69 Å². The molecule has 0 N–H and O–H groups in total. The largest absolute Gasteiger partial charge is 0.496 e. The first-order valence-electron chi connectivity index (χ1n) is 8.10. The van der Waals surface area contributed by atoms with Gasteiger partial charge in [0.2, 0.25) is 0 Å². The van der Waals surface area contributed by atoms with Crippen LogP contribution in [-0.4, -0.2) is 12.0 Å². The Kier molecular flexibility index (Phi) is 5.20. The summed E-state index contributed by atoms with van der Waals surface area (Å²) in [6.07, 6.45) is 1.59. The Hall–Kier alpha value is -4.36. The molecule has 2 aromatic carbocycles. The monoisotopic (exact) mass is 371 g/mol. The van der Waals surface area contributed by atoms with Gasteiger partial charge in [-0.1, -0.05) is 12.1 Å². The number of rotatable bonds is 5. The van der Waals surface area contributed by atoms with E-state index in [4.69, 9.17) is 14.4 Å². The third-order valence-corrected chi connectivity index (χ3v) is 4.02. The van der Waals surface area contributed by atoms with Gasteiger partial charge in [-0.3, -0.25) is 10.1 Å². The predicted molar refractivity (Wildman–Crippen MR) is 102 cm³/mol. The van der Waals surface area contributed by atoms with Gasteiger partial charge >= 0.3 is 0 Å². The zero-order valence-electron chi connectivity index (χ0n) is 14.7. The average molecular weight is 371 g/mol. The molecule has 0 saturated heterocycles. The van der Waals surface area contributed by atoms with Crippen LogP contribution in [0.2, 0.25) is 0 Å². The molecular formula is C21H13N3O4. The molecule has 0 aliphatic carbocycles. The number of non-ortho nitro benzene ring substituents is 1. The Morgan fingerprint density at radius 3 is 2.50 bits per heavy atom. The van der Waals surface area contributed by atoms with Crippen molar-refractivity contribution in [1.82, 2.24) is 0 Å². The molecule has 3 aromatic rings. The molecule has 0 bridgehead atoms. The molecule has 3 rings (SSSR count). The van der Waals surface area contributed by atoms with Crippen molar-refractivity contribution >= 4 is 17.3 Å². The van der Waals surface area contributed by atoms with Crippen molar-refractivity contribution < 1.29 is 14.1 Å². The number of furan rings is 1. The minimum absolute atomic E-state index is 0.0835. The molecule has 7 nitrogen and oxygen atoms in total. The number of ether oxygens (including phenoxy) is 1. The first-order valence-corrected chi connectivity index (χ1v) is 8.10. The second-order valence-corrected chi connectivity index (χ2v) is 5.70. The van der Waals surface area contributed by atoms with Gasteiger partial charge < -0.3 is 9.15 Å². The maximum absolute atomic E-state index is 10.9. The highest BCUT2D eigenvalue weighted by atomic mass is 16.6. The Balaban J connectivity index is 1.95. The fourth-order valence-corrected chi connectivity index (χ4v) is 2.62. The Labute approximate surface area is 160 Å². The van der Waals surface area contributed by atoms with Crippen molar-refractivity contribution in [2.45, 2.75) is 0 Å². The summed E-state index contributed by atoms with van der Waals surface area (Å²) in [4.78, 5) is 10.4. The van der Waals surface area contributed by atoms with E-state index in [1.54, 1.807) is 48.5 Å². The molecule has 0 aliphatic heterocycles. The van der Waals surface area contributed by atoms with Crippen molar-refractivity contribution in [2.24, 2.45) is 0 Å². The van der Waals surface area contributed by atoms with Crippen molar-refractivity contribution in [3.05, 3.63) is 81.6 Å². The number of nitrogens with zero attached hydrogens (tertiary/aromatic N) is 3. The summed E-state index contributed by atoms with van der Waals surface area (Å²) in [5.41, 5.74) is 2.02. The van der Waals surface area contributed by atoms with Gasteiger partial charge in [0.05, 0.1) is 46.9 Å². The molecule has 136 valence electrons. The topological polar surface area (TPSA) is 113 Å². The van der Waals surface area contributed by atoms with Crippen LogP contribution in [0.1, 0.15) is 16.9 Å². The van der Waals surface area contributed by atoms with Gasteiger partial charge in [0.15, 0.2) is 0 Å². The minimum Gasteiger partial charge on any atom is -0.496 e.